The molecule has 4 rings (SSSR count). The highest BCUT2D eigenvalue weighted by atomic mass is 16.2. The van der Waals surface area contributed by atoms with E-state index in [1.807, 2.05) is 18.2 Å². The van der Waals surface area contributed by atoms with Crippen molar-refractivity contribution in [3.63, 3.8) is 0 Å². The fourth-order valence-corrected chi connectivity index (χ4v) is 2.73. The van der Waals surface area contributed by atoms with Crippen molar-refractivity contribution in [1.29, 1.82) is 0 Å². The van der Waals surface area contributed by atoms with E-state index in [4.69, 9.17) is 0 Å². The molecule has 0 radical (unpaired) electrons. The number of amides is 2. The van der Waals surface area contributed by atoms with Crippen LogP contribution in [0.3, 0.4) is 0 Å². The molecule has 3 N–H and O–H groups in total. The highest BCUT2D eigenvalue weighted by molar-refractivity contribution is 6.35. The standard InChI is InChI=1S/C17H13N5O2/c1-9(23)18-11-3-5-14-12(8-11)13(17(24)19-14)6-10-2-4-15-16(7-10)21-22-20-15/h2-8H,1H3,(H,18,23)(H,19,24)(H,20,21,22)/b13-6+. The smallest absolute Gasteiger partial charge is 0.256 e. The lowest BCUT2D eigenvalue weighted by atomic mass is 10.0. The molecule has 0 unspecified atom stereocenters. The summed E-state index contributed by atoms with van der Waals surface area (Å²) in [6.45, 7) is 1.44. The minimum absolute atomic E-state index is 0.158. The Kier molecular flexibility index (Phi) is 3.13. The summed E-state index contributed by atoms with van der Waals surface area (Å²) in [5.41, 5.74) is 5.08. The molecule has 3 aromatic rings. The van der Waals surface area contributed by atoms with E-state index in [1.165, 1.54) is 6.92 Å². The number of hydrogen-bond acceptors (Lipinski definition) is 4. The summed E-state index contributed by atoms with van der Waals surface area (Å²) in [6, 6.07) is 10.9. The Balaban J connectivity index is 1.78. The van der Waals surface area contributed by atoms with Gasteiger partial charge in [-0.2, -0.15) is 0 Å². The van der Waals surface area contributed by atoms with Crippen LogP contribution in [-0.4, -0.2) is 27.2 Å². The molecular formula is C17H13N5O2. The molecular weight excluding hydrogens is 306 g/mol. The lowest BCUT2D eigenvalue weighted by Gasteiger charge is -2.05. The highest BCUT2D eigenvalue weighted by Gasteiger charge is 2.24. The summed E-state index contributed by atoms with van der Waals surface area (Å²) in [4.78, 5) is 23.5. The van der Waals surface area contributed by atoms with Gasteiger partial charge in [0.25, 0.3) is 5.91 Å². The zero-order valence-electron chi connectivity index (χ0n) is 12.8. The van der Waals surface area contributed by atoms with Crippen molar-refractivity contribution in [3.8, 4) is 0 Å². The molecule has 0 aliphatic carbocycles. The first-order valence-corrected chi connectivity index (χ1v) is 7.36. The van der Waals surface area contributed by atoms with Crippen LogP contribution in [0, 0.1) is 0 Å². The monoisotopic (exact) mass is 319 g/mol. The first-order chi connectivity index (χ1) is 11.6. The van der Waals surface area contributed by atoms with Crippen LogP contribution in [0.25, 0.3) is 22.7 Å². The van der Waals surface area contributed by atoms with Gasteiger partial charge in [0.15, 0.2) is 0 Å². The van der Waals surface area contributed by atoms with Gasteiger partial charge in [0.1, 0.15) is 5.52 Å². The van der Waals surface area contributed by atoms with E-state index in [1.54, 1.807) is 24.3 Å². The molecule has 2 aromatic carbocycles. The maximum Gasteiger partial charge on any atom is 0.256 e. The van der Waals surface area contributed by atoms with Gasteiger partial charge in [0.2, 0.25) is 5.91 Å². The molecule has 0 spiro atoms. The SMILES string of the molecule is CC(=O)Nc1ccc2c(c1)/C(=C\c1ccc3[nH]nnc3c1)C(=O)N2. The number of hydrogen-bond donors (Lipinski definition) is 3. The van der Waals surface area contributed by atoms with E-state index in [0.29, 0.717) is 11.3 Å². The number of anilines is 2. The van der Waals surface area contributed by atoms with Crippen LogP contribution >= 0.6 is 0 Å². The largest absolute Gasteiger partial charge is 0.326 e. The summed E-state index contributed by atoms with van der Waals surface area (Å²) in [6.07, 6.45) is 1.80. The molecule has 0 saturated heterocycles. The van der Waals surface area contributed by atoms with E-state index in [2.05, 4.69) is 26.0 Å². The Labute approximate surface area is 136 Å². The third-order valence-corrected chi connectivity index (χ3v) is 3.78. The van der Waals surface area contributed by atoms with Crippen molar-refractivity contribution >= 4 is 45.9 Å². The van der Waals surface area contributed by atoms with Crippen LogP contribution in [0.2, 0.25) is 0 Å². The van der Waals surface area contributed by atoms with Gasteiger partial charge < -0.3 is 10.6 Å². The zero-order chi connectivity index (χ0) is 16.7. The molecule has 118 valence electrons. The Morgan fingerprint density at radius 1 is 1.21 bits per heavy atom. The zero-order valence-corrected chi connectivity index (χ0v) is 12.8. The number of rotatable bonds is 2. The summed E-state index contributed by atoms with van der Waals surface area (Å²) < 4.78 is 0. The Bertz CT molecular complexity index is 1020. The predicted octanol–water partition coefficient (Wildman–Crippen LogP) is 2.41. The van der Waals surface area contributed by atoms with Gasteiger partial charge in [0.05, 0.1) is 5.52 Å². The fourth-order valence-electron chi connectivity index (χ4n) is 2.73. The van der Waals surface area contributed by atoms with Gasteiger partial charge in [-0.15, -0.1) is 5.10 Å². The van der Waals surface area contributed by atoms with Crippen molar-refractivity contribution in [2.75, 3.05) is 10.6 Å². The minimum Gasteiger partial charge on any atom is -0.326 e. The predicted molar refractivity (Wildman–Crippen MR) is 91.1 cm³/mol. The molecule has 0 fully saturated rings. The van der Waals surface area contributed by atoms with Gasteiger partial charge in [0, 0.05) is 29.4 Å². The maximum absolute atomic E-state index is 12.3. The van der Waals surface area contributed by atoms with E-state index < -0.39 is 0 Å². The second kappa shape index (κ2) is 5.31. The number of nitrogens with zero attached hydrogens (tertiary/aromatic N) is 2. The quantitative estimate of drug-likeness (QED) is 0.631. The van der Waals surface area contributed by atoms with Crippen molar-refractivity contribution in [3.05, 3.63) is 47.5 Å². The Hall–Kier alpha value is -3.48. The Morgan fingerprint density at radius 3 is 2.92 bits per heavy atom. The molecule has 0 saturated carbocycles. The van der Waals surface area contributed by atoms with Crippen molar-refractivity contribution in [2.45, 2.75) is 6.92 Å². The number of aromatic amines is 1. The molecule has 0 atom stereocenters. The van der Waals surface area contributed by atoms with E-state index in [9.17, 15) is 9.59 Å². The molecule has 1 aliphatic rings. The molecule has 7 nitrogen and oxygen atoms in total. The van der Waals surface area contributed by atoms with Gasteiger partial charge in [-0.1, -0.05) is 11.3 Å². The van der Waals surface area contributed by atoms with Crippen molar-refractivity contribution < 1.29 is 9.59 Å². The lowest BCUT2D eigenvalue weighted by Crippen LogP contribution is -2.05. The minimum atomic E-state index is -0.176. The van der Waals surface area contributed by atoms with Gasteiger partial charge in [-0.3, -0.25) is 14.7 Å². The topological polar surface area (TPSA) is 99.8 Å². The average Bonchev–Trinajstić information content (AvgIpc) is 3.12. The highest BCUT2D eigenvalue weighted by Crippen LogP contribution is 2.35. The second-order valence-electron chi connectivity index (χ2n) is 5.54. The molecule has 24 heavy (non-hydrogen) atoms. The van der Waals surface area contributed by atoms with Crippen LogP contribution in [0.4, 0.5) is 11.4 Å². The number of carbonyl (C=O) groups excluding carboxylic acids is 2. The first kappa shape index (κ1) is 14.1. The lowest BCUT2D eigenvalue weighted by molar-refractivity contribution is -0.114. The summed E-state index contributed by atoms with van der Waals surface area (Å²) in [5.74, 6) is -0.334. The van der Waals surface area contributed by atoms with Crippen LogP contribution in [0.1, 0.15) is 18.1 Å². The van der Waals surface area contributed by atoms with Gasteiger partial charge in [-0.25, -0.2) is 0 Å². The molecule has 0 bridgehead atoms. The molecule has 7 heteroatoms. The van der Waals surface area contributed by atoms with E-state index in [-0.39, 0.29) is 11.8 Å². The second-order valence-corrected chi connectivity index (χ2v) is 5.54. The van der Waals surface area contributed by atoms with Crippen LogP contribution < -0.4 is 10.6 Å². The van der Waals surface area contributed by atoms with Crippen molar-refractivity contribution in [1.82, 2.24) is 15.4 Å². The normalized spacial score (nSPS) is 14.7. The van der Waals surface area contributed by atoms with Gasteiger partial charge in [-0.05, 0) is 42.0 Å². The summed E-state index contributed by atoms with van der Waals surface area (Å²) in [5, 5.41) is 16.1. The number of carbonyl (C=O) groups is 2. The number of fused-ring (bicyclic) bond motifs is 2. The molecule has 1 aliphatic heterocycles. The average molecular weight is 319 g/mol. The summed E-state index contributed by atoms with van der Waals surface area (Å²) in [7, 11) is 0. The Morgan fingerprint density at radius 2 is 2.08 bits per heavy atom. The summed E-state index contributed by atoms with van der Waals surface area (Å²) >= 11 is 0. The third kappa shape index (κ3) is 2.41. The molecule has 2 heterocycles. The van der Waals surface area contributed by atoms with Gasteiger partial charge >= 0.3 is 0 Å². The molecule has 2 amide bonds. The van der Waals surface area contributed by atoms with E-state index >= 15 is 0 Å². The molecule has 1 aromatic heterocycles. The van der Waals surface area contributed by atoms with Crippen LogP contribution in [-0.2, 0) is 9.59 Å². The third-order valence-electron chi connectivity index (χ3n) is 3.78. The van der Waals surface area contributed by atoms with Crippen molar-refractivity contribution in [2.24, 2.45) is 0 Å². The first-order valence-electron chi connectivity index (χ1n) is 7.36. The number of benzene rings is 2. The van der Waals surface area contributed by atoms with Crippen LogP contribution in [0.5, 0.6) is 0 Å². The maximum atomic E-state index is 12.3. The van der Waals surface area contributed by atoms with E-state index in [0.717, 1.165) is 27.8 Å². The number of aromatic nitrogens is 3. The van der Waals surface area contributed by atoms with Crippen LogP contribution in [0.15, 0.2) is 36.4 Å². The fraction of sp³-hybridized carbons (Fsp3) is 0.0588. The number of H-pyrrole nitrogens is 1. The number of nitrogens with one attached hydrogen (secondary N) is 3.